The topological polar surface area (TPSA) is 63.0 Å². The Kier molecular flexibility index (Phi) is 4.16. The number of pyridine rings is 1. The van der Waals surface area contributed by atoms with E-state index in [1.807, 2.05) is 42.7 Å². The largest absolute Gasteiger partial charge is 0.337 e. The fraction of sp³-hybridized carbons (Fsp3) is 0.294. The third kappa shape index (κ3) is 3.11. The van der Waals surface area contributed by atoms with E-state index in [0.29, 0.717) is 0 Å². The number of benzene rings is 1. The zero-order chi connectivity index (χ0) is 16.2. The molecule has 0 spiro atoms. The van der Waals surface area contributed by atoms with Crippen LogP contribution >= 0.6 is 0 Å². The van der Waals surface area contributed by atoms with Gasteiger partial charge in [0, 0.05) is 45.1 Å². The Morgan fingerprint density at radius 2 is 1.62 bits per heavy atom. The van der Waals surface area contributed by atoms with Crippen molar-refractivity contribution in [2.24, 2.45) is 0 Å². The summed E-state index contributed by atoms with van der Waals surface area (Å²) in [6.45, 7) is 4.77. The number of rotatable bonds is 4. The summed E-state index contributed by atoms with van der Waals surface area (Å²) in [6.07, 6.45) is 3.69. The Hall–Kier alpha value is -2.80. The highest BCUT2D eigenvalue weighted by Crippen LogP contribution is 2.17. The molecule has 1 aromatic carbocycles. The molecular weight excluding hydrogens is 302 g/mol. The minimum absolute atomic E-state index is 0.810. The van der Waals surface area contributed by atoms with Gasteiger partial charge in [-0.25, -0.2) is 0 Å². The lowest BCUT2D eigenvalue weighted by molar-refractivity contribution is 0.248. The first kappa shape index (κ1) is 14.8. The second kappa shape index (κ2) is 6.76. The molecule has 3 heterocycles. The van der Waals surface area contributed by atoms with Gasteiger partial charge in [0.15, 0.2) is 0 Å². The average molecular weight is 321 g/mol. The summed E-state index contributed by atoms with van der Waals surface area (Å²) in [4.78, 5) is 8.76. The molecule has 0 atom stereocenters. The molecule has 0 aliphatic carbocycles. The number of nitrogens with zero attached hydrogens (tertiary/aromatic N) is 7. The van der Waals surface area contributed by atoms with E-state index in [0.717, 1.165) is 44.4 Å². The van der Waals surface area contributed by atoms with Crippen molar-refractivity contribution in [1.29, 1.82) is 0 Å². The zero-order valence-electron chi connectivity index (χ0n) is 13.4. The molecule has 0 bridgehead atoms. The number of anilines is 1. The third-order valence-electron chi connectivity index (χ3n) is 4.26. The van der Waals surface area contributed by atoms with Crippen LogP contribution in [-0.2, 0) is 6.54 Å². The van der Waals surface area contributed by atoms with Crippen LogP contribution in [0.1, 0.15) is 5.56 Å². The molecule has 3 aromatic rings. The molecule has 7 heteroatoms. The summed E-state index contributed by atoms with van der Waals surface area (Å²) in [6, 6.07) is 14.1. The van der Waals surface area contributed by atoms with Gasteiger partial charge in [0.05, 0.1) is 5.69 Å². The molecule has 1 fully saturated rings. The van der Waals surface area contributed by atoms with Crippen LogP contribution < -0.4 is 4.90 Å². The van der Waals surface area contributed by atoms with E-state index >= 15 is 0 Å². The quantitative estimate of drug-likeness (QED) is 0.723. The highest BCUT2D eigenvalue weighted by molar-refractivity contribution is 5.40. The van der Waals surface area contributed by atoms with Gasteiger partial charge in [-0.3, -0.25) is 9.88 Å². The van der Waals surface area contributed by atoms with Gasteiger partial charge in [0.1, 0.15) is 0 Å². The molecule has 7 nitrogen and oxygen atoms in total. The van der Waals surface area contributed by atoms with Crippen LogP contribution in [-0.4, -0.2) is 56.3 Å². The van der Waals surface area contributed by atoms with Gasteiger partial charge in [0.2, 0.25) is 5.95 Å². The second-order valence-electron chi connectivity index (χ2n) is 5.84. The fourth-order valence-electron chi connectivity index (χ4n) is 2.97. The predicted molar refractivity (Wildman–Crippen MR) is 90.9 cm³/mol. The van der Waals surface area contributed by atoms with Gasteiger partial charge in [-0.15, -0.1) is 0 Å². The number of tetrazole rings is 1. The second-order valence-corrected chi connectivity index (χ2v) is 5.84. The number of aromatic nitrogens is 5. The van der Waals surface area contributed by atoms with Crippen molar-refractivity contribution in [2.75, 3.05) is 31.1 Å². The third-order valence-corrected chi connectivity index (χ3v) is 4.26. The highest BCUT2D eigenvalue weighted by Gasteiger charge is 2.22. The average Bonchev–Trinajstić information content (AvgIpc) is 3.14. The SMILES string of the molecule is c1ccc(-n2nnnc2N2CCN(Cc3ccncc3)CC2)cc1. The van der Waals surface area contributed by atoms with Gasteiger partial charge in [0.25, 0.3) is 0 Å². The van der Waals surface area contributed by atoms with E-state index in [-0.39, 0.29) is 0 Å². The molecule has 0 unspecified atom stereocenters. The van der Waals surface area contributed by atoms with Crippen molar-refractivity contribution >= 4 is 5.95 Å². The van der Waals surface area contributed by atoms with Gasteiger partial charge in [-0.1, -0.05) is 23.3 Å². The van der Waals surface area contributed by atoms with Crippen LogP contribution in [0.2, 0.25) is 0 Å². The van der Waals surface area contributed by atoms with Crippen molar-refractivity contribution in [3.05, 3.63) is 60.4 Å². The monoisotopic (exact) mass is 321 g/mol. The summed E-state index contributed by atoms with van der Waals surface area (Å²) < 4.78 is 1.80. The zero-order valence-corrected chi connectivity index (χ0v) is 13.4. The summed E-state index contributed by atoms with van der Waals surface area (Å²) in [5, 5.41) is 12.2. The Balaban J connectivity index is 1.43. The van der Waals surface area contributed by atoms with Gasteiger partial charge in [-0.05, 0) is 40.3 Å². The van der Waals surface area contributed by atoms with Crippen LogP contribution in [0, 0.1) is 0 Å². The van der Waals surface area contributed by atoms with E-state index < -0.39 is 0 Å². The molecule has 0 N–H and O–H groups in total. The van der Waals surface area contributed by atoms with Crippen molar-refractivity contribution in [1.82, 2.24) is 30.1 Å². The van der Waals surface area contributed by atoms with Crippen LogP contribution in [0.15, 0.2) is 54.9 Å². The van der Waals surface area contributed by atoms with Crippen LogP contribution in [0.5, 0.6) is 0 Å². The predicted octanol–water partition coefficient (Wildman–Crippen LogP) is 1.38. The normalized spacial score (nSPS) is 15.6. The van der Waals surface area contributed by atoms with Crippen molar-refractivity contribution in [3.63, 3.8) is 0 Å². The molecule has 4 rings (SSSR count). The van der Waals surface area contributed by atoms with Crippen molar-refractivity contribution in [3.8, 4) is 5.69 Å². The molecule has 2 aromatic heterocycles. The molecule has 1 aliphatic heterocycles. The molecule has 0 amide bonds. The standard InChI is InChI=1S/C17H19N7/c1-2-4-16(5-3-1)24-17(19-20-21-24)23-12-10-22(11-13-23)14-15-6-8-18-9-7-15/h1-9H,10-14H2. The molecule has 1 saturated heterocycles. The summed E-state index contributed by atoms with van der Waals surface area (Å²) in [5.41, 5.74) is 2.28. The van der Waals surface area contributed by atoms with E-state index in [2.05, 4.69) is 42.4 Å². The Bertz CT molecular complexity index is 764. The minimum Gasteiger partial charge on any atom is -0.337 e. The number of hydrogen-bond donors (Lipinski definition) is 0. The van der Waals surface area contributed by atoms with Crippen LogP contribution in [0.4, 0.5) is 5.95 Å². The number of piperazine rings is 1. The first-order chi connectivity index (χ1) is 11.9. The lowest BCUT2D eigenvalue weighted by Gasteiger charge is -2.34. The van der Waals surface area contributed by atoms with Crippen LogP contribution in [0.3, 0.4) is 0 Å². The first-order valence-corrected chi connectivity index (χ1v) is 8.10. The lowest BCUT2D eigenvalue weighted by atomic mass is 10.2. The van der Waals surface area contributed by atoms with E-state index in [4.69, 9.17) is 0 Å². The maximum absolute atomic E-state index is 4.23. The molecule has 0 radical (unpaired) electrons. The highest BCUT2D eigenvalue weighted by atomic mass is 15.6. The van der Waals surface area contributed by atoms with Crippen LogP contribution in [0.25, 0.3) is 5.69 Å². The molecule has 24 heavy (non-hydrogen) atoms. The maximum atomic E-state index is 4.23. The maximum Gasteiger partial charge on any atom is 0.250 e. The van der Waals surface area contributed by atoms with E-state index in [1.54, 1.807) is 4.68 Å². The molecule has 1 aliphatic rings. The summed E-state index contributed by atoms with van der Waals surface area (Å²) in [5.74, 6) is 0.810. The Morgan fingerprint density at radius 3 is 2.38 bits per heavy atom. The molecule has 0 saturated carbocycles. The smallest absolute Gasteiger partial charge is 0.250 e. The lowest BCUT2D eigenvalue weighted by Crippen LogP contribution is -2.46. The summed E-state index contributed by atoms with van der Waals surface area (Å²) in [7, 11) is 0. The Morgan fingerprint density at radius 1 is 0.875 bits per heavy atom. The van der Waals surface area contributed by atoms with E-state index in [9.17, 15) is 0 Å². The minimum atomic E-state index is 0.810. The summed E-state index contributed by atoms with van der Waals surface area (Å²) >= 11 is 0. The fourth-order valence-corrected chi connectivity index (χ4v) is 2.97. The van der Waals surface area contributed by atoms with Gasteiger partial charge < -0.3 is 4.90 Å². The van der Waals surface area contributed by atoms with E-state index in [1.165, 1.54) is 5.56 Å². The van der Waals surface area contributed by atoms with Gasteiger partial charge in [-0.2, -0.15) is 4.68 Å². The number of para-hydroxylation sites is 1. The van der Waals surface area contributed by atoms with Gasteiger partial charge >= 0.3 is 0 Å². The van der Waals surface area contributed by atoms with Crippen molar-refractivity contribution in [2.45, 2.75) is 6.54 Å². The Labute approximate surface area is 140 Å². The number of hydrogen-bond acceptors (Lipinski definition) is 6. The molecular formula is C17H19N7. The molecule has 122 valence electrons. The first-order valence-electron chi connectivity index (χ1n) is 8.10. The van der Waals surface area contributed by atoms with Crippen molar-refractivity contribution < 1.29 is 0 Å².